The molecule has 6 nitrogen and oxygen atoms in total. The van der Waals surface area contributed by atoms with Crippen molar-refractivity contribution >= 4 is 33.4 Å². The monoisotopic (exact) mass is 470 g/mol. The molecule has 30 heavy (non-hydrogen) atoms. The maximum atomic E-state index is 14.3. The second-order valence-corrected chi connectivity index (χ2v) is 8.04. The molecule has 0 bridgehead atoms. The maximum Gasteiger partial charge on any atom is 0.272 e. The second kappa shape index (κ2) is 8.39. The summed E-state index contributed by atoms with van der Waals surface area (Å²) in [7, 11) is 0. The normalized spacial score (nSPS) is 12.5. The summed E-state index contributed by atoms with van der Waals surface area (Å²) in [5.41, 5.74) is 3.88. The first-order valence-electron chi connectivity index (χ1n) is 9.64. The van der Waals surface area contributed by atoms with Crippen molar-refractivity contribution in [3.05, 3.63) is 75.3 Å². The minimum absolute atomic E-state index is 0.185. The van der Waals surface area contributed by atoms with Crippen LogP contribution in [0.4, 0.5) is 10.1 Å². The van der Waals surface area contributed by atoms with Gasteiger partial charge in [-0.15, -0.1) is 0 Å². The Bertz CT molecular complexity index is 1140. The first kappa shape index (κ1) is 20.3. The Kier molecular flexibility index (Phi) is 5.67. The summed E-state index contributed by atoms with van der Waals surface area (Å²) in [6.07, 6.45) is 2.32. The molecule has 0 unspecified atom stereocenters. The number of halogens is 2. The van der Waals surface area contributed by atoms with Gasteiger partial charge in [0.15, 0.2) is 5.69 Å². The topological polar surface area (TPSA) is 76.0 Å². The third-order valence-corrected chi connectivity index (χ3v) is 5.97. The Hall–Kier alpha value is -3.00. The number of hydrogen-bond acceptors (Lipinski definition) is 3. The standard InChI is InChI=1S/C22H20BrFN4O2/c1-13-11-14(9-10-16(13)23)26-20(29)12-25-22(30)21-15-5-4-8-18(15)28(27-21)19-7-3-2-6-17(19)24/h2-3,6-7,9-11H,4-5,8,12H2,1H3,(H,25,30)(H,26,29). The molecule has 3 aromatic rings. The molecule has 0 spiro atoms. The molecule has 0 saturated heterocycles. The Labute approximate surface area is 181 Å². The van der Waals surface area contributed by atoms with Crippen molar-refractivity contribution in [2.75, 3.05) is 11.9 Å². The molecule has 2 aromatic carbocycles. The van der Waals surface area contributed by atoms with E-state index in [2.05, 4.69) is 31.7 Å². The van der Waals surface area contributed by atoms with Gasteiger partial charge in [0.25, 0.3) is 5.91 Å². The molecule has 1 aliphatic rings. The van der Waals surface area contributed by atoms with E-state index in [1.165, 1.54) is 10.7 Å². The molecule has 154 valence electrons. The van der Waals surface area contributed by atoms with Gasteiger partial charge < -0.3 is 10.6 Å². The number of anilines is 1. The highest BCUT2D eigenvalue weighted by Gasteiger charge is 2.27. The molecule has 4 rings (SSSR count). The largest absolute Gasteiger partial charge is 0.342 e. The lowest BCUT2D eigenvalue weighted by Crippen LogP contribution is -2.33. The fourth-order valence-corrected chi connectivity index (χ4v) is 3.86. The highest BCUT2D eigenvalue weighted by molar-refractivity contribution is 9.10. The van der Waals surface area contributed by atoms with Crippen molar-refractivity contribution in [2.45, 2.75) is 26.2 Å². The van der Waals surface area contributed by atoms with Crippen molar-refractivity contribution in [3.63, 3.8) is 0 Å². The van der Waals surface area contributed by atoms with Gasteiger partial charge >= 0.3 is 0 Å². The number of rotatable bonds is 5. The third kappa shape index (κ3) is 4.00. The highest BCUT2D eigenvalue weighted by atomic mass is 79.9. The van der Waals surface area contributed by atoms with Crippen molar-refractivity contribution in [3.8, 4) is 5.69 Å². The van der Waals surface area contributed by atoms with Crippen molar-refractivity contribution < 1.29 is 14.0 Å². The third-order valence-electron chi connectivity index (χ3n) is 5.08. The van der Waals surface area contributed by atoms with Gasteiger partial charge in [0.2, 0.25) is 5.91 Å². The van der Waals surface area contributed by atoms with Crippen LogP contribution < -0.4 is 10.6 Å². The predicted octanol–water partition coefficient (Wildman–Crippen LogP) is 3.94. The Morgan fingerprint density at radius 2 is 2.00 bits per heavy atom. The van der Waals surface area contributed by atoms with Crippen LogP contribution in [-0.2, 0) is 17.6 Å². The number of aryl methyl sites for hydroxylation is 1. The number of carbonyl (C=O) groups excluding carboxylic acids is 2. The molecule has 2 amide bonds. The summed E-state index contributed by atoms with van der Waals surface area (Å²) in [6.45, 7) is 1.74. The summed E-state index contributed by atoms with van der Waals surface area (Å²) in [5.74, 6) is -1.17. The number of aromatic nitrogens is 2. The second-order valence-electron chi connectivity index (χ2n) is 7.19. The highest BCUT2D eigenvalue weighted by Crippen LogP contribution is 2.28. The van der Waals surface area contributed by atoms with E-state index in [1.54, 1.807) is 24.3 Å². The first-order valence-corrected chi connectivity index (χ1v) is 10.4. The van der Waals surface area contributed by atoms with Crippen LogP contribution in [0, 0.1) is 12.7 Å². The van der Waals surface area contributed by atoms with E-state index >= 15 is 0 Å². The van der Waals surface area contributed by atoms with Crippen LogP contribution in [0.25, 0.3) is 5.69 Å². The van der Waals surface area contributed by atoms with Crippen molar-refractivity contribution in [2.24, 2.45) is 0 Å². The molecule has 2 N–H and O–H groups in total. The van der Waals surface area contributed by atoms with E-state index in [0.717, 1.165) is 34.1 Å². The van der Waals surface area contributed by atoms with E-state index in [0.29, 0.717) is 17.8 Å². The van der Waals surface area contributed by atoms with Gasteiger partial charge in [-0.3, -0.25) is 9.59 Å². The zero-order chi connectivity index (χ0) is 21.3. The SMILES string of the molecule is Cc1cc(NC(=O)CNC(=O)c2nn(-c3ccccc3F)c3c2CCC3)ccc1Br. The van der Waals surface area contributed by atoms with Gasteiger partial charge in [0, 0.05) is 21.4 Å². The van der Waals surface area contributed by atoms with Crippen molar-refractivity contribution in [1.82, 2.24) is 15.1 Å². The quantitative estimate of drug-likeness (QED) is 0.592. The van der Waals surface area contributed by atoms with Gasteiger partial charge in [-0.25, -0.2) is 9.07 Å². The zero-order valence-electron chi connectivity index (χ0n) is 16.3. The molecule has 8 heteroatoms. The lowest BCUT2D eigenvalue weighted by atomic mass is 10.2. The molecule has 0 radical (unpaired) electrons. The van der Waals surface area contributed by atoms with E-state index in [-0.39, 0.29) is 18.1 Å². The molecule has 1 aliphatic carbocycles. The minimum atomic E-state index is -0.439. The number of benzene rings is 2. The average molecular weight is 471 g/mol. The smallest absolute Gasteiger partial charge is 0.272 e. The molecule has 0 atom stereocenters. The molecular weight excluding hydrogens is 451 g/mol. The van der Waals surface area contributed by atoms with E-state index in [1.807, 2.05) is 19.1 Å². The fourth-order valence-electron chi connectivity index (χ4n) is 3.61. The van der Waals surface area contributed by atoms with E-state index < -0.39 is 11.7 Å². The lowest BCUT2D eigenvalue weighted by molar-refractivity contribution is -0.115. The maximum absolute atomic E-state index is 14.3. The van der Waals surface area contributed by atoms with Crippen LogP contribution in [-0.4, -0.2) is 28.1 Å². The number of carbonyl (C=O) groups is 2. The van der Waals surface area contributed by atoms with Crippen molar-refractivity contribution in [1.29, 1.82) is 0 Å². The number of amides is 2. The number of para-hydroxylation sites is 1. The van der Waals surface area contributed by atoms with Gasteiger partial charge in [0.1, 0.15) is 11.5 Å². The molecule has 1 aromatic heterocycles. The van der Waals surface area contributed by atoms with Gasteiger partial charge in [0.05, 0.1) is 6.54 Å². The Morgan fingerprint density at radius 1 is 1.20 bits per heavy atom. The Balaban J connectivity index is 1.47. The van der Waals surface area contributed by atoms with Crippen LogP contribution in [0.2, 0.25) is 0 Å². The minimum Gasteiger partial charge on any atom is -0.342 e. The summed E-state index contributed by atoms with van der Waals surface area (Å²) in [5, 5.41) is 9.76. The summed E-state index contributed by atoms with van der Waals surface area (Å²) in [6, 6.07) is 11.8. The number of hydrogen-bond donors (Lipinski definition) is 2. The van der Waals surface area contributed by atoms with Gasteiger partial charge in [-0.1, -0.05) is 28.1 Å². The van der Waals surface area contributed by atoms with E-state index in [9.17, 15) is 14.0 Å². The predicted molar refractivity (Wildman–Crippen MR) is 115 cm³/mol. The summed E-state index contributed by atoms with van der Waals surface area (Å²) in [4.78, 5) is 25.0. The molecule has 1 heterocycles. The summed E-state index contributed by atoms with van der Waals surface area (Å²) < 4.78 is 16.7. The van der Waals surface area contributed by atoms with E-state index in [4.69, 9.17) is 0 Å². The molecule has 0 aliphatic heterocycles. The summed E-state index contributed by atoms with van der Waals surface area (Å²) >= 11 is 3.42. The first-order chi connectivity index (χ1) is 14.4. The number of fused-ring (bicyclic) bond motifs is 1. The van der Waals surface area contributed by atoms with Crippen LogP contribution in [0.3, 0.4) is 0 Å². The zero-order valence-corrected chi connectivity index (χ0v) is 17.9. The van der Waals surface area contributed by atoms with Crippen LogP contribution >= 0.6 is 15.9 Å². The van der Waals surface area contributed by atoms with Crippen LogP contribution in [0.1, 0.15) is 33.7 Å². The molecule has 0 saturated carbocycles. The Morgan fingerprint density at radius 3 is 2.77 bits per heavy atom. The molecular formula is C22H20BrFN4O2. The lowest BCUT2D eigenvalue weighted by Gasteiger charge is -2.08. The van der Waals surface area contributed by atoms with Crippen LogP contribution in [0.5, 0.6) is 0 Å². The number of nitrogens with one attached hydrogen (secondary N) is 2. The molecule has 0 fully saturated rings. The number of nitrogens with zero attached hydrogens (tertiary/aromatic N) is 2. The van der Waals surface area contributed by atoms with Gasteiger partial charge in [-0.2, -0.15) is 5.10 Å². The average Bonchev–Trinajstić information content (AvgIpc) is 3.32. The van der Waals surface area contributed by atoms with Crippen LogP contribution in [0.15, 0.2) is 46.9 Å². The fraction of sp³-hybridized carbons (Fsp3) is 0.227. The van der Waals surface area contributed by atoms with Gasteiger partial charge in [-0.05, 0) is 62.1 Å².